The normalized spacial score (nSPS) is 11.3. The standard InChI is InChI=1S/C56H34N4/c57-35-36-24-26-37(27-25-36)43-17-10-18-44(34-43)56-59-54(41-14-2-1-3-15-41)58-55(60-56)42-30-28-40(29-31-42)51-48-21-8-9-22-49(48)52(47-23-11-16-38-12-4-6-19-45(38)47)50-33-32-39-13-5-7-20-46(39)53(50)51/h1-34H. The maximum atomic E-state index is 9.33. The molecule has 4 heteroatoms. The van der Waals surface area contributed by atoms with Crippen LogP contribution in [0.2, 0.25) is 0 Å². The van der Waals surface area contributed by atoms with Crippen LogP contribution in [0.1, 0.15) is 5.56 Å². The number of hydrogen-bond acceptors (Lipinski definition) is 4. The molecule has 0 spiro atoms. The van der Waals surface area contributed by atoms with Crippen molar-refractivity contribution in [3.8, 4) is 73.6 Å². The minimum Gasteiger partial charge on any atom is -0.208 e. The highest BCUT2D eigenvalue weighted by molar-refractivity contribution is 6.29. The summed E-state index contributed by atoms with van der Waals surface area (Å²) in [6, 6.07) is 74.3. The van der Waals surface area contributed by atoms with E-state index in [1.807, 2.05) is 66.7 Å². The Bertz CT molecular complexity index is 3470. The summed E-state index contributed by atoms with van der Waals surface area (Å²) < 4.78 is 0. The van der Waals surface area contributed by atoms with Gasteiger partial charge in [-0.3, -0.25) is 0 Å². The second kappa shape index (κ2) is 14.6. The van der Waals surface area contributed by atoms with Crippen LogP contribution >= 0.6 is 0 Å². The number of nitrogens with zero attached hydrogens (tertiary/aromatic N) is 4. The average Bonchev–Trinajstić information content (AvgIpc) is 3.33. The second-order valence-electron chi connectivity index (χ2n) is 15.1. The summed E-state index contributed by atoms with van der Waals surface area (Å²) in [7, 11) is 0. The monoisotopic (exact) mass is 762 g/mol. The molecule has 0 saturated carbocycles. The molecule has 0 aliphatic carbocycles. The molecule has 0 atom stereocenters. The van der Waals surface area contributed by atoms with Crippen LogP contribution in [0.3, 0.4) is 0 Å². The van der Waals surface area contributed by atoms with Crippen LogP contribution in [0.15, 0.2) is 206 Å². The van der Waals surface area contributed by atoms with Gasteiger partial charge in [0, 0.05) is 16.7 Å². The van der Waals surface area contributed by atoms with Gasteiger partial charge in [0.15, 0.2) is 17.5 Å². The van der Waals surface area contributed by atoms with E-state index >= 15 is 0 Å². The lowest BCUT2D eigenvalue weighted by Crippen LogP contribution is -2.00. The third-order valence-electron chi connectivity index (χ3n) is 11.5. The van der Waals surface area contributed by atoms with Crippen molar-refractivity contribution in [1.82, 2.24) is 15.0 Å². The average molecular weight is 763 g/mol. The highest BCUT2D eigenvalue weighted by Crippen LogP contribution is 2.47. The first-order valence-electron chi connectivity index (χ1n) is 20.1. The molecule has 278 valence electrons. The summed E-state index contributed by atoms with van der Waals surface area (Å²) >= 11 is 0. The van der Waals surface area contributed by atoms with Gasteiger partial charge in [-0.15, -0.1) is 0 Å². The maximum Gasteiger partial charge on any atom is 0.164 e. The zero-order valence-corrected chi connectivity index (χ0v) is 32.4. The Morgan fingerprint density at radius 1 is 0.317 bits per heavy atom. The lowest BCUT2D eigenvalue weighted by Gasteiger charge is -2.20. The molecule has 0 unspecified atom stereocenters. The van der Waals surface area contributed by atoms with Gasteiger partial charge in [0.1, 0.15) is 0 Å². The molecule has 11 rings (SSSR count). The molecule has 0 aliphatic heterocycles. The van der Waals surface area contributed by atoms with Crippen LogP contribution in [-0.2, 0) is 0 Å². The summed E-state index contributed by atoms with van der Waals surface area (Å²) in [6.45, 7) is 0. The predicted molar refractivity (Wildman–Crippen MR) is 247 cm³/mol. The van der Waals surface area contributed by atoms with Crippen molar-refractivity contribution in [2.45, 2.75) is 0 Å². The number of nitriles is 1. The zero-order valence-electron chi connectivity index (χ0n) is 32.4. The minimum atomic E-state index is 0.589. The highest BCUT2D eigenvalue weighted by Gasteiger charge is 2.20. The van der Waals surface area contributed by atoms with Gasteiger partial charge in [0.25, 0.3) is 0 Å². The molecular formula is C56H34N4. The van der Waals surface area contributed by atoms with E-state index in [2.05, 4.69) is 146 Å². The largest absolute Gasteiger partial charge is 0.208 e. The van der Waals surface area contributed by atoms with Crippen molar-refractivity contribution in [2.24, 2.45) is 0 Å². The number of hydrogen-bond donors (Lipinski definition) is 0. The molecule has 10 aromatic carbocycles. The van der Waals surface area contributed by atoms with E-state index in [-0.39, 0.29) is 0 Å². The molecule has 0 N–H and O–H groups in total. The van der Waals surface area contributed by atoms with Crippen molar-refractivity contribution < 1.29 is 0 Å². The summed E-state index contributed by atoms with van der Waals surface area (Å²) in [5.41, 5.74) is 10.2. The van der Waals surface area contributed by atoms with E-state index in [0.29, 0.717) is 23.0 Å². The first-order chi connectivity index (χ1) is 29.7. The number of aromatic nitrogens is 3. The Hall–Kier alpha value is -8.26. The fourth-order valence-electron chi connectivity index (χ4n) is 8.69. The second-order valence-corrected chi connectivity index (χ2v) is 15.1. The van der Waals surface area contributed by atoms with Crippen molar-refractivity contribution >= 4 is 43.1 Å². The summed E-state index contributed by atoms with van der Waals surface area (Å²) in [6.07, 6.45) is 0. The predicted octanol–water partition coefficient (Wildman–Crippen LogP) is 14.4. The molecule has 0 fully saturated rings. The Morgan fingerprint density at radius 3 is 1.53 bits per heavy atom. The van der Waals surface area contributed by atoms with Gasteiger partial charge < -0.3 is 0 Å². The van der Waals surface area contributed by atoms with E-state index in [1.54, 1.807) is 0 Å². The van der Waals surface area contributed by atoms with Crippen molar-refractivity contribution in [3.05, 3.63) is 212 Å². The van der Waals surface area contributed by atoms with Crippen LogP contribution in [0, 0.1) is 11.3 Å². The SMILES string of the molecule is N#Cc1ccc(-c2cccc(-c3nc(-c4ccccc4)nc(-c4ccc(-c5c6ccccc6c(-c6cccc7ccccc67)c6ccc7ccccc7c56)cc4)n3)c2)cc1. The summed E-state index contributed by atoms with van der Waals surface area (Å²) in [5.74, 6) is 1.79. The molecular weight excluding hydrogens is 729 g/mol. The van der Waals surface area contributed by atoms with Crippen LogP contribution < -0.4 is 0 Å². The van der Waals surface area contributed by atoms with Crippen LogP contribution in [-0.4, -0.2) is 15.0 Å². The fourth-order valence-corrected chi connectivity index (χ4v) is 8.69. The van der Waals surface area contributed by atoms with Crippen molar-refractivity contribution in [1.29, 1.82) is 5.26 Å². The lowest BCUT2D eigenvalue weighted by atomic mass is 9.83. The molecule has 1 heterocycles. The van der Waals surface area contributed by atoms with Crippen LogP contribution in [0.25, 0.3) is 111 Å². The summed E-state index contributed by atoms with van der Waals surface area (Å²) in [5, 5.41) is 19.1. The van der Waals surface area contributed by atoms with Gasteiger partial charge in [-0.05, 0) is 94.7 Å². The molecule has 4 nitrogen and oxygen atoms in total. The Morgan fingerprint density at radius 2 is 0.817 bits per heavy atom. The maximum absolute atomic E-state index is 9.33. The molecule has 0 bridgehead atoms. The number of benzene rings is 10. The van der Waals surface area contributed by atoms with E-state index in [4.69, 9.17) is 15.0 Å². The third-order valence-corrected chi connectivity index (χ3v) is 11.5. The van der Waals surface area contributed by atoms with Gasteiger partial charge in [-0.25, -0.2) is 15.0 Å². The van der Waals surface area contributed by atoms with Crippen LogP contribution in [0.4, 0.5) is 0 Å². The first-order valence-corrected chi connectivity index (χ1v) is 20.1. The van der Waals surface area contributed by atoms with Gasteiger partial charge in [0.2, 0.25) is 0 Å². The highest BCUT2D eigenvalue weighted by atomic mass is 15.0. The Balaban J connectivity index is 1.09. The van der Waals surface area contributed by atoms with Gasteiger partial charge in [-0.1, -0.05) is 188 Å². The van der Waals surface area contributed by atoms with Gasteiger partial charge in [-0.2, -0.15) is 5.26 Å². The van der Waals surface area contributed by atoms with E-state index in [9.17, 15) is 5.26 Å². The zero-order chi connectivity index (χ0) is 40.0. The summed E-state index contributed by atoms with van der Waals surface area (Å²) in [4.78, 5) is 15.2. The number of fused-ring (bicyclic) bond motifs is 5. The molecule has 0 saturated heterocycles. The molecule has 1 aromatic heterocycles. The molecule has 0 aliphatic rings. The van der Waals surface area contributed by atoms with E-state index in [0.717, 1.165) is 33.4 Å². The topological polar surface area (TPSA) is 62.5 Å². The Kier molecular flexibility index (Phi) is 8.50. The van der Waals surface area contributed by atoms with Gasteiger partial charge in [0.05, 0.1) is 11.6 Å². The van der Waals surface area contributed by atoms with Crippen molar-refractivity contribution in [3.63, 3.8) is 0 Å². The molecule has 0 radical (unpaired) electrons. The molecule has 60 heavy (non-hydrogen) atoms. The smallest absolute Gasteiger partial charge is 0.164 e. The van der Waals surface area contributed by atoms with E-state index < -0.39 is 0 Å². The van der Waals surface area contributed by atoms with Gasteiger partial charge >= 0.3 is 0 Å². The fraction of sp³-hybridized carbons (Fsp3) is 0. The van der Waals surface area contributed by atoms with Crippen LogP contribution in [0.5, 0.6) is 0 Å². The molecule has 0 amide bonds. The quantitative estimate of drug-likeness (QED) is 0.125. The third kappa shape index (κ3) is 6.05. The molecule has 11 aromatic rings. The minimum absolute atomic E-state index is 0.589. The van der Waals surface area contributed by atoms with Crippen molar-refractivity contribution in [2.75, 3.05) is 0 Å². The van der Waals surface area contributed by atoms with E-state index in [1.165, 1.54) is 59.8 Å². The first kappa shape index (κ1) is 34.9. The Labute approximate surface area is 347 Å². The number of rotatable bonds is 6. The lowest BCUT2D eigenvalue weighted by molar-refractivity contribution is 1.07.